The molecule has 188 valence electrons. The highest BCUT2D eigenvalue weighted by molar-refractivity contribution is 5.95. The van der Waals surface area contributed by atoms with Crippen LogP contribution in [0.3, 0.4) is 0 Å². The lowest BCUT2D eigenvalue weighted by Crippen LogP contribution is -2.67. The molecule has 1 N–H and O–H groups in total. The molecule has 0 spiro atoms. The molecule has 0 saturated carbocycles. The van der Waals surface area contributed by atoms with Crippen LogP contribution in [0.1, 0.15) is 40.2 Å². The highest BCUT2D eigenvalue weighted by Gasteiger charge is 2.49. The number of benzene rings is 2. The van der Waals surface area contributed by atoms with E-state index in [-0.39, 0.29) is 18.6 Å². The lowest BCUT2D eigenvalue weighted by atomic mass is 9.74. The Hall–Kier alpha value is -3.06. The van der Waals surface area contributed by atoms with Crippen molar-refractivity contribution >= 4 is 5.91 Å². The van der Waals surface area contributed by atoms with E-state index in [4.69, 9.17) is 0 Å². The molecular formula is C30H36N4O2. The van der Waals surface area contributed by atoms with Gasteiger partial charge < -0.3 is 10.0 Å². The predicted octanol–water partition coefficient (Wildman–Crippen LogP) is 3.88. The minimum atomic E-state index is 0.00828. The zero-order chi connectivity index (χ0) is 25.1. The fourth-order valence-corrected chi connectivity index (χ4v) is 5.89. The van der Waals surface area contributed by atoms with Crippen molar-refractivity contribution in [3.05, 3.63) is 89.7 Å². The summed E-state index contributed by atoms with van der Waals surface area (Å²) in [6.07, 6.45) is 6.12. The standard InChI is InChI=1S/C30H36N4O2/c1-32(2)30(36)26-9-5-8-25(17-26)23-10-12-24(13-11-23)29-27-20-33(19-22-7-6-14-31-18-22)15-3-4-16-34(27)28(29)21-35/h5-14,17-18,27-29,35H,3-4,15-16,19-21H2,1-2H3/t27-,28-,29+/m0/s1. The van der Waals surface area contributed by atoms with Gasteiger partial charge in [-0.05, 0) is 66.4 Å². The number of hydrogen-bond acceptors (Lipinski definition) is 5. The number of pyridine rings is 1. The van der Waals surface area contributed by atoms with Gasteiger partial charge in [0.1, 0.15) is 0 Å². The Kier molecular flexibility index (Phi) is 7.46. The smallest absolute Gasteiger partial charge is 0.253 e. The summed E-state index contributed by atoms with van der Waals surface area (Å²) in [7, 11) is 3.55. The van der Waals surface area contributed by atoms with Crippen molar-refractivity contribution in [2.75, 3.05) is 40.3 Å². The van der Waals surface area contributed by atoms with E-state index in [1.807, 2.05) is 42.7 Å². The number of aliphatic hydroxyl groups is 1. The Morgan fingerprint density at radius 2 is 1.83 bits per heavy atom. The monoisotopic (exact) mass is 484 g/mol. The van der Waals surface area contributed by atoms with E-state index in [1.54, 1.807) is 19.0 Å². The van der Waals surface area contributed by atoms with Crippen LogP contribution in [0.15, 0.2) is 73.1 Å². The molecule has 6 heteroatoms. The summed E-state index contributed by atoms with van der Waals surface area (Å²) in [6, 6.07) is 21.3. The Labute approximate surface area is 214 Å². The van der Waals surface area contributed by atoms with Gasteiger partial charge >= 0.3 is 0 Å². The second kappa shape index (κ2) is 10.9. The number of aliphatic hydroxyl groups excluding tert-OH is 1. The molecule has 2 aromatic carbocycles. The molecule has 1 aromatic heterocycles. The molecule has 0 aliphatic carbocycles. The minimum absolute atomic E-state index is 0.00828. The number of hydrogen-bond donors (Lipinski definition) is 1. The van der Waals surface area contributed by atoms with Crippen LogP contribution in [0.2, 0.25) is 0 Å². The van der Waals surface area contributed by atoms with Crippen molar-refractivity contribution < 1.29 is 9.90 Å². The summed E-state index contributed by atoms with van der Waals surface area (Å²) in [4.78, 5) is 23.4. The van der Waals surface area contributed by atoms with Gasteiger partial charge in [0.05, 0.1) is 6.61 Å². The zero-order valence-corrected chi connectivity index (χ0v) is 21.3. The molecule has 2 aliphatic rings. The van der Waals surface area contributed by atoms with Crippen LogP contribution in [-0.2, 0) is 6.54 Å². The second-order valence-corrected chi connectivity index (χ2v) is 10.3. The van der Waals surface area contributed by atoms with Crippen molar-refractivity contribution in [3.63, 3.8) is 0 Å². The number of carbonyl (C=O) groups is 1. The number of nitrogens with zero attached hydrogens (tertiary/aromatic N) is 4. The third kappa shape index (κ3) is 5.07. The maximum Gasteiger partial charge on any atom is 0.253 e. The number of fused-ring (bicyclic) bond motifs is 1. The SMILES string of the molecule is CN(C)C(=O)c1cccc(-c2ccc([C@H]3[C@H](CO)N4CCCCN(Cc5cccnc5)C[C@@H]34)cc2)c1. The molecule has 2 saturated heterocycles. The summed E-state index contributed by atoms with van der Waals surface area (Å²) in [5.41, 5.74) is 5.36. The van der Waals surface area contributed by atoms with E-state index < -0.39 is 0 Å². The fraction of sp³-hybridized carbons (Fsp3) is 0.400. The van der Waals surface area contributed by atoms with E-state index in [9.17, 15) is 9.90 Å². The molecule has 2 aliphatic heterocycles. The van der Waals surface area contributed by atoms with Crippen LogP contribution < -0.4 is 0 Å². The highest BCUT2D eigenvalue weighted by atomic mass is 16.3. The normalized spacial score (nSPS) is 22.7. The first kappa shape index (κ1) is 24.6. The maximum absolute atomic E-state index is 12.4. The van der Waals surface area contributed by atoms with Crippen LogP contribution in [0.25, 0.3) is 11.1 Å². The van der Waals surface area contributed by atoms with Crippen molar-refractivity contribution in [2.24, 2.45) is 0 Å². The number of rotatable bonds is 6. The van der Waals surface area contributed by atoms with Crippen molar-refractivity contribution in [1.29, 1.82) is 0 Å². The second-order valence-electron chi connectivity index (χ2n) is 10.3. The van der Waals surface area contributed by atoms with E-state index >= 15 is 0 Å². The van der Waals surface area contributed by atoms with Gasteiger partial charge in [-0.15, -0.1) is 0 Å². The van der Waals surface area contributed by atoms with Gasteiger partial charge in [-0.3, -0.25) is 19.6 Å². The van der Waals surface area contributed by atoms with Gasteiger partial charge in [-0.1, -0.05) is 42.5 Å². The predicted molar refractivity (Wildman–Crippen MR) is 143 cm³/mol. The van der Waals surface area contributed by atoms with Gasteiger partial charge in [-0.25, -0.2) is 0 Å². The van der Waals surface area contributed by atoms with E-state index in [2.05, 4.69) is 45.1 Å². The molecular weight excluding hydrogens is 448 g/mol. The summed E-state index contributed by atoms with van der Waals surface area (Å²) in [5, 5.41) is 10.3. The molecule has 3 atom stereocenters. The lowest BCUT2D eigenvalue weighted by molar-refractivity contribution is -0.0655. The van der Waals surface area contributed by atoms with Crippen molar-refractivity contribution in [3.8, 4) is 11.1 Å². The first-order valence-electron chi connectivity index (χ1n) is 12.9. The van der Waals surface area contributed by atoms with Gasteiger partial charge in [-0.2, -0.15) is 0 Å². The Balaban J connectivity index is 1.35. The average Bonchev–Trinajstić information content (AvgIpc) is 2.89. The van der Waals surface area contributed by atoms with Crippen LogP contribution in [0, 0.1) is 0 Å². The zero-order valence-electron chi connectivity index (χ0n) is 21.3. The van der Waals surface area contributed by atoms with Gasteiger partial charge in [0, 0.05) is 63.1 Å². The molecule has 0 unspecified atom stereocenters. The largest absolute Gasteiger partial charge is 0.395 e. The third-order valence-corrected chi connectivity index (χ3v) is 7.73. The van der Waals surface area contributed by atoms with E-state index in [1.165, 1.54) is 17.5 Å². The van der Waals surface area contributed by atoms with Gasteiger partial charge in [0.15, 0.2) is 0 Å². The Bertz CT molecular complexity index is 1170. The quantitative estimate of drug-likeness (QED) is 0.576. The van der Waals surface area contributed by atoms with Crippen LogP contribution in [-0.4, -0.2) is 83.1 Å². The topological polar surface area (TPSA) is 59.9 Å². The molecule has 6 nitrogen and oxygen atoms in total. The van der Waals surface area contributed by atoms with Crippen LogP contribution in [0.4, 0.5) is 0 Å². The third-order valence-electron chi connectivity index (χ3n) is 7.73. The highest BCUT2D eigenvalue weighted by Crippen LogP contribution is 2.42. The number of aromatic nitrogens is 1. The van der Waals surface area contributed by atoms with E-state index in [0.717, 1.165) is 43.7 Å². The Morgan fingerprint density at radius 1 is 1.03 bits per heavy atom. The first-order valence-corrected chi connectivity index (χ1v) is 12.9. The van der Waals surface area contributed by atoms with Crippen LogP contribution >= 0.6 is 0 Å². The molecule has 36 heavy (non-hydrogen) atoms. The van der Waals surface area contributed by atoms with E-state index in [0.29, 0.717) is 17.5 Å². The molecule has 3 aromatic rings. The number of carbonyl (C=O) groups excluding carboxylic acids is 1. The lowest BCUT2D eigenvalue weighted by Gasteiger charge is -2.57. The molecule has 3 heterocycles. The summed E-state index contributed by atoms with van der Waals surface area (Å²) in [6.45, 7) is 4.23. The van der Waals surface area contributed by atoms with Crippen molar-refractivity contribution in [1.82, 2.24) is 19.7 Å². The van der Waals surface area contributed by atoms with Crippen LogP contribution in [0.5, 0.6) is 0 Å². The average molecular weight is 485 g/mol. The molecule has 0 radical (unpaired) electrons. The fourth-order valence-electron chi connectivity index (χ4n) is 5.89. The molecule has 5 rings (SSSR count). The van der Waals surface area contributed by atoms with Gasteiger partial charge in [0.2, 0.25) is 0 Å². The van der Waals surface area contributed by atoms with Crippen molar-refractivity contribution in [2.45, 2.75) is 37.4 Å². The minimum Gasteiger partial charge on any atom is -0.395 e. The Morgan fingerprint density at radius 3 is 2.56 bits per heavy atom. The molecule has 1 amide bonds. The maximum atomic E-state index is 12.4. The first-order chi connectivity index (χ1) is 17.5. The summed E-state index contributed by atoms with van der Waals surface area (Å²) in [5.74, 6) is 0.314. The summed E-state index contributed by atoms with van der Waals surface area (Å²) < 4.78 is 0. The molecule has 2 fully saturated rings. The molecule has 0 bridgehead atoms. The number of amides is 1. The van der Waals surface area contributed by atoms with Gasteiger partial charge in [0.25, 0.3) is 5.91 Å². The summed E-state index contributed by atoms with van der Waals surface area (Å²) >= 11 is 0.